The second-order valence-corrected chi connectivity index (χ2v) is 7.40. The van der Waals surface area contributed by atoms with Gasteiger partial charge < -0.3 is 20.1 Å². The Morgan fingerprint density at radius 3 is 2.83 bits per heavy atom. The molecule has 30 heavy (non-hydrogen) atoms. The molecule has 0 saturated carbocycles. The van der Waals surface area contributed by atoms with Gasteiger partial charge in [-0.1, -0.05) is 12.1 Å². The van der Waals surface area contributed by atoms with Crippen LogP contribution in [-0.4, -0.2) is 72.1 Å². The van der Waals surface area contributed by atoms with E-state index in [0.717, 1.165) is 49.7 Å². The predicted molar refractivity (Wildman–Crippen MR) is 116 cm³/mol. The van der Waals surface area contributed by atoms with Gasteiger partial charge in [-0.2, -0.15) is 5.10 Å². The molecule has 1 aliphatic rings. The number of nitrogens with one attached hydrogen (secondary N) is 2. The molecule has 2 N–H and O–H groups in total. The number of aryl methyl sites for hydroxylation is 1. The van der Waals surface area contributed by atoms with E-state index in [9.17, 15) is 0 Å². The Labute approximate surface area is 178 Å². The van der Waals surface area contributed by atoms with E-state index in [-0.39, 0.29) is 0 Å². The van der Waals surface area contributed by atoms with Gasteiger partial charge in [-0.05, 0) is 37.6 Å². The van der Waals surface area contributed by atoms with E-state index in [4.69, 9.17) is 9.47 Å². The van der Waals surface area contributed by atoms with E-state index in [2.05, 4.69) is 49.8 Å². The molecular formula is C21H33N7O2. The number of hydrogen-bond donors (Lipinski definition) is 2. The number of guanidine groups is 1. The molecule has 1 aromatic carbocycles. The summed E-state index contributed by atoms with van der Waals surface area (Å²) in [5.74, 6) is 2.44. The standard InChI is InChI=1S/C21H33N7O2/c1-22-21(24-15-20-25-16-26-28(20)3)23-14-17-5-4-6-19(13-17)30-12-9-27(2)18-7-10-29-11-8-18/h4-6,13,16,18H,7-12,14-15H2,1-3H3,(H2,22,23,24). The quantitative estimate of drug-likeness (QED) is 0.469. The van der Waals surface area contributed by atoms with Gasteiger partial charge in [-0.15, -0.1) is 0 Å². The first kappa shape index (κ1) is 22.0. The van der Waals surface area contributed by atoms with Gasteiger partial charge in [0.25, 0.3) is 0 Å². The second-order valence-electron chi connectivity index (χ2n) is 7.40. The number of nitrogens with zero attached hydrogens (tertiary/aromatic N) is 5. The number of aromatic nitrogens is 3. The number of ether oxygens (including phenoxy) is 2. The maximum atomic E-state index is 5.99. The molecule has 1 saturated heterocycles. The molecule has 1 aromatic heterocycles. The van der Waals surface area contributed by atoms with Gasteiger partial charge in [0.1, 0.15) is 24.5 Å². The third-order valence-corrected chi connectivity index (χ3v) is 5.33. The van der Waals surface area contributed by atoms with Crippen LogP contribution in [0.5, 0.6) is 5.75 Å². The van der Waals surface area contributed by atoms with Crippen molar-refractivity contribution in [3.8, 4) is 5.75 Å². The largest absolute Gasteiger partial charge is 0.492 e. The number of hydrogen-bond acceptors (Lipinski definition) is 6. The zero-order valence-corrected chi connectivity index (χ0v) is 18.2. The molecule has 1 fully saturated rings. The Kier molecular flexibility index (Phi) is 8.46. The summed E-state index contributed by atoms with van der Waals surface area (Å²) in [5.41, 5.74) is 1.13. The van der Waals surface area contributed by atoms with Gasteiger partial charge >= 0.3 is 0 Å². The van der Waals surface area contributed by atoms with E-state index in [1.54, 1.807) is 18.1 Å². The molecule has 2 heterocycles. The molecule has 164 valence electrons. The third kappa shape index (κ3) is 6.70. The molecule has 0 amide bonds. The summed E-state index contributed by atoms with van der Waals surface area (Å²) in [6, 6.07) is 8.75. The lowest BCUT2D eigenvalue weighted by molar-refractivity contribution is 0.0392. The van der Waals surface area contributed by atoms with Crippen molar-refractivity contribution in [1.29, 1.82) is 0 Å². The fourth-order valence-corrected chi connectivity index (χ4v) is 3.41. The minimum Gasteiger partial charge on any atom is -0.492 e. The smallest absolute Gasteiger partial charge is 0.191 e. The summed E-state index contributed by atoms with van der Waals surface area (Å²) < 4.78 is 13.2. The Hall–Kier alpha value is -2.65. The van der Waals surface area contributed by atoms with Crippen molar-refractivity contribution < 1.29 is 9.47 Å². The van der Waals surface area contributed by atoms with Crippen LogP contribution in [0.2, 0.25) is 0 Å². The van der Waals surface area contributed by atoms with Gasteiger partial charge in [-0.3, -0.25) is 14.6 Å². The molecule has 9 heteroatoms. The van der Waals surface area contributed by atoms with E-state index in [0.29, 0.717) is 31.7 Å². The lowest BCUT2D eigenvalue weighted by Crippen LogP contribution is -2.38. The highest BCUT2D eigenvalue weighted by Crippen LogP contribution is 2.15. The van der Waals surface area contributed by atoms with Crippen molar-refractivity contribution in [3.63, 3.8) is 0 Å². The molecule has 3 rings (SSSR count). The van der Waals surface area contributed by atoms with Gasteiger partial charge in [0.15, 0.2) is 5.96 Å². The van der Waals surface area contributed by atoms with Gasteiger partial charge in [0, 0.05) is 46.4 Å². The molecule has 1 aliphatic heterocycles. The van der Waals surface area contributed by atoms with Crippen LogP contribution in [0.25, 0.3) is 0 Å². The van der Waals surface area contributed by atoms with Crippen molar-refractivity contribution in [2.24, 2.45) is 12.0 Å². The molecule has 0 radical (unpaired) electrons. The summed E-state index contributed by atoms with van der Waals surface area (Å²) in [6.07, 6.45) is 3.74. The van der Waals surface area contributed by atoms with Gasteiger partial charge in [-0.25, -0.2) is 4.98 Å². The van der Waals surface area contributed by atoms with Crippen LogP contribution in [0.1, 0.15) is 24.2 Å². The fraction of sp³-hybridized carbons (Fsp3) is 0.571. The lowest BCUT2D eigenvalue weighted by Gasteiger charge is -2.31. The Morgan fingerprint density at radius 1 is 1.30 bits per heavy atom. The van der Waals surface area contributed by atoms with Gasteiger partial charge in [0.2, 0.25) is 0 Å². The minimum absolute atomic E-state index is 0.556. The Balaban J connectivity index is 1.41. The van der Waals surface area contributed by atoms with Crippen LogP contribution in [0.4, 0.5) is 0 Å². The highest BCUT2D eigenvalue weighted by atomic mass is 16.5. The minimum atomic E-state index is 0.556. The monoisotopic (exact) mass is 415 g/mol. The molecule has 9 nitrogen and oxygen atoms in total. The predicted octanol–water partition coefficient (Wildman–Crippen LogP) is 1.17. The highest BCUT2D eigenvalue weighted by molar-refractivity contribution is 5.79. The van der Waals surface area contributed by atoms with Crippen molar-refractivity contribution >= 4 is 5.96 Å². The Morgan fingerprint density at radius 2 is 2.10 bits per heavy atom. The van der Waals surface area contributed by atoms with E-state index in [1.165, 1.54) is 0 Å². The van der Waals surface area contributed by atoms with Crippen LogP contribution >= 0.6 is 0 Å². The van der Waals surface area contributed by atoms with E-state index in [1.807, 2.05) is 19.2 Å². The number of likely N-dealkylation sites (N-methyl/N-ethyl adjacent to an activating group) is 1. The average Bonchev–Trinajstić information content (AvgIpc) is 3.19. The second kappa shape index (κ2) is 11.5. The SMILES string of the molecule is CN=C(NCc1cccc(OCCN(C)C2CCOCC2)c1)NCc1ncnn1C. The van der Waals surface area contributed by atoms with Crippen LogP contribution in [0.3, 0.4) is 0 Å². The van der Waals surface area contributed by atoms with Crippen molar-refractivity contribution in [1.82, 2.24) is 30.3 Å². The van der Waals surface area contributed by atoms with Crippen molar-refractivity contribution in [2.75, 3.05) is 40.5 Å². The molecule has 0 unspecified atom stereocenters. The van der Waals surface area contributed by atoms with Crippen molar-refractivity contribution in [2.45, 2.75) is 32.0 Å². The first-order valence-electron chi connectivity index (χ1n) is 10.4. The third-order valence-electron chi connectivity index (χ3n) is 5.33. The van der Waals surface area contributed by atoms with E-state index < -0.39 is 0 Å². The van der Waals surface area contributed by atoms with Crippen molar-refractivity contribution in [3.05, 3.63) is 42.0 Å². The average molecular weight is 416 g/mol. The lowest BCUT2D eigenvalue weighted by atomic mass is 10.1. The summed E-state index contributed by atoms with van der Waals surface area (Å²) in [4.78, 5) is 10.8. The molecule has 0 spiro atoms. The summed E-state index contributed by atoms with van der Waals surface area (Å²) in [5, 5.41) is 10.6. The Bertz CT molecular complexity index is 802. The molecule has 0 atom stereocenters. The summed E-state index contributed by atoms with van der Waals surface area (Å²) >= 11 is 0. The zero-order chi connectivity index (χ0) is 21.2. The van der Waals surface area contributed by atoms with Gasteiger partial charge in [0.05, 0.1) is 6.54 Å². The maximum absolute atomic E-state index is 5.99. The first-order valence-corrected chi connectivity index (χ1v) is 10.4. The van der Waals surface area contributed by atoms with Crippen LogP contribution < -0.4 is 15.4 Å². The number of benzene rings is 1. The topological polar surface area (TPSA) is 88.8 Å². The summed E-state index contributed by atoms with van der Waals surface area (Å²) in [6.45, 7) is 4.51. The first-order chi connectivity index (χ1) is 14.7. The summed E-state index contributed by atoms with van der Waals surface area (Å²) in [7, 11) is 5.78. The number of rotatable bonds is 9. The molecular weight excluding hydrogens is 382 g/mol. The normalized spacial score (nSPS) is 15.4. The zero-order valence-electron chi connectivity index (χ0n) is 18.2. The molecule has 0 bridgehead atoms. The van der Waals surface area contributed by atoms with E-state index >= 15 is 0 Å². The van der Waals surface area contributed by atoms with Crippen LogP contribution in [0, 0.1) is 0 Å². The van der Waals surface area contributed by atoms with Crippen LogP contribution in [-0.2, 0) is 24.9 Å². The number of aliphatic imine (C=N–C) groups is 1. The molecule has 2 aromatic rings. The molecule has 0 aliphatic carbocycles. The highest BCUT2D eigenvalue weighted by Gasteiger charge is 2.17. The fourth-order valence-electron chi connectivity index (χ4n) is 3.41. The maximum Gasteiger partial charge on any atom is 0.191 e. The van der Waals surface area contributed by atoms with Crippen LogP contribution in [0.15, 0.2) is 35.6 Å².